The van der Waals surface area contributed by atoms with E-state index in [9.17, 15) is 22.8 Å². The number of halogens is 3. The van der Waals surface area contributed by atoms with Crippen LogP contribution in [0.3, 0.4) is 0 Å². The summed E-state index contributed by atoms with van der Waals surface area (Å²) in [7, 11) is 0. The number of aliphatic imine (C=N–C) groups is 1. The summed E-state index contributed by atoms with van der Waals surface area (Å²) in [5.74, 6) is -0.408. The Kier molecular flexibility index (Phi) is 7.76. The molecule has 192 valence electrons. The van der Waals surface area contributed by atoms with Gasteiger partial charge < -0.3 is 5.32 Å². The number of aryl methyl sites for hydroxylation is 2. The van der Waals surface area contributed by atoms with Gasteiger partial charge in [-0.1, -0.05) is 30.3 Å². The van der Waals surface area contributed by atoms with Gasteiger partial charge in [0.05, 0.1) is 29.1 Å². The number of aromatic nitrogens is 2. The van der Waals surface area contributed by atoms with Crippen LogP contribution in [0.2, 0.25) is 0 Å². The first kappa shape index (κ1) is 26.4. The lowest BCUT2D eigenvalue weighted by atomic mass is 10.00. The van der Waals surface area contributed by atoms with Crippen LogP contribution in [0.4, 0.5) is 24.5 Å². The third kappa shape index (κ3) is 6.56. The maximum absolute atomic E-state index is 13.2. The molecule has 1 aliphatic heterocycles. The minimum atomic E-state index is -4.50. The maximum atomic E-state index is 13.2. The van der Waals surface area contributed by atoms with Crippen molar-refractivity contribution in [1.82, 2.24) is 9.97 Å². The highest BCUT2D eigenvalue weighted by molar-refractivity contribution is 6.17. The van der Waals surface area contributed by atoms with E-state index < -0.39 is 17.6 Å². The molecule has 0 bridgehead atoms. The number of hydrogen-bond donors (Lipinski definition) is 1. The van der Waals surface area contributed by atoms with Gasteiger partial charge in [-0.25, -0.2) is 4.98 Å². The molecule has 1 amide bonds. The van der Waals surface area contributed by atoms with E-state index in [1.54, 1.807) is 24.4 Å². The van der Waals surface area contributed by atoms with Crippen molar-refractivity contribution in [2.75, 3.05) is 5.32 Å². The fraction of sp³-hybridized carbons (Fsp3) is 0.138. The highest BCUT2D eigenvalue weighted by atomic mass is 19.4. The predicted molar refractivity (Wildman–Crippen MR) is 141 cm³/mol. The smallest absolute Gasteiger partial charge is 0.324 e. The highest BCUT2D eigenvalue weighted by Crippen LogP contribution is 2.39. The summed E-state index contributed by atoms with van der Waals surface area (Å²) >= 11 is 0. The fourth-order valence-corrected chi connectivity index (χ4v) is 3.90. The van der Waals surface area contributed by atoms with E-state index in [1.165, 1.54) is 25.3 Å². The first-order valence-electron chi connectivity index (χ1n) is 11.6. The van der Waals surface area contributed by atoms with E-state index in [0.717, 1.165) is 28.5 Å². The number of rotatable bonds is 2. The van der Waals surface area contributed by atoms with Crippen LogP contribution in [0.5, 0.6) is 0 Å². The number of amides is 1. The Morgan fingerprint density at radius 2 is 1.55 bits per heavy atom. The second-order valence-corrected chi connectivity index (χ2v) is 8.59. The van der Waals surface area contributed by atoms with E-state index >= 15 is 0 Å². The van der Waals surface area contributed by atoms with Gasteiger partial charge in [-0.3, -0.25) is 19.6 Å². The van der Waals surface area contributed by atoms with Crippen LogP contribution in [-0.2, 0) is 11.0 Å². The lowest BCUT2D eigenvalue weighted by Gasteiger charge is -2.13. The molecule has 0 spiro atoms. The summed E-state index contributed by atoms with van der Waals surface area (Å²) in [5, 5.41) is 2.55. The average molecular weight is 517 g/mol. The van der Waals surface area contributed by atoms with Gasteiger partial charge >= 0.3 is 6.18 Å². The van der Waals surface area contributed by atoms with Crippen molar-refractivity contribution in [3.63, 3.8) is 0 Å². The Morgan fingerprint density at radius 3 is 2.32 bits per heavy atom. The number of carbonyl (C=O) groups excluding carboxylic acids is 1. The average Bonchev–Trinajstić information content (AvgIpc) is 3.20. The topological polar surface area (TPSA) is 84.3 Å². The molecule has 1 aliphatic rings. The van der Waals surface area contributed by atoms with Gasteiger partial charge in [0.1, 0.15) is 0 Å². The van der Waals surface area contributed by atoms with Crippen molar-refractivity contribution in [2.24, 2.45) is 4.99 Å². The molecule has 0 saturated carbocycles. The number of alkyl halides is 3. The highest BCUT2D eigenvalue weighted by Gasteiger charge is 2.34. The van der Waals surface area contributed by atoms with E-state index in [2.05, 4.69) is 20.3 Å². The number of nitrogens with zero attached hydrogens (tertiary/aromatic N) is 3. The summed E-state index contributed by atoms with van der Waals surface area (Å²) in [5.41, 5.74) is 3.49. The largest absolute Gasteiger partial charge is 0.416 e. The Morgan fingerprint density at radius 1 is 0.789 bits per heavy atom. The normalized spacial score (nSPS) is 12.8. The van der Waals surface area contributed by atoms with Crippen LogP contribution in [0.15, 0.2) is 95.0 Å². The Hall–Kier alpha value is -4.66. The van der Waals surface area contributed by atoms with Gasteiger partial charge in [0.2, 0.25) is 5.91 Å². The summed E-state index contributed by atoms with van der Waals surface area (Å²) in [4.78, 5) is 35.0. The van der Waals surface area contributed by atoms with Crippen LogP contribution in [0.25, 0.3) is 11.1 Å². The molecule has 6 nitrogen and oxygen atoms in total. The molecule has 0 atom stereocenters. The van der Waals surface area contributed by atoms with Crippen molar-refractivity contribution >= 4 is 23.0 Å². The zero-order valence-corrected chi connectivity index (χ0v) is 20.6. The lowest BCUT2D eigenvalue weighted by Crippen LogP contribution is -2.15. The molecule has 2 aromatic carbocycles. The fourth-order valence-electron chi connectivity index (χ4n) is 3.90. The standard InChI is InChI=1S/C23H18F3N3O.C6H5NO/c1-13-8-20-21(11-18(13)23(24,25)26)29-22(30)12-19(28-20)17-5-3-4-15(10-17)16-6-7-27-14(2)9-16;8-6-4-2-1-3-5-7-6/h3-11H,12H2,1-2H3,(H,29,30);1-5H. The predicted octanol–water partition coefficient (Wildman–Crippen LogP) is 6.29. The monoisotopic (exact) mass is 516 g/mol. The second-order valence-electron chi connectivity index (χ2n) is 8.59. The molecule has 1 N–H and O–H groups in total. The van der Waals surface area contributed by atoms with Crippen molar-refractivity contribution in [1.29, 1.82) is 0 Å². The Balaban J connectivity index is 0.000000360. The first-order valence-corrected chi connectivity index (χ1v) is 11.6. The molecule has 0 radical (unpaired) electrons. The number of anilines is 1. The van der Waals surface area contributed by atoms with Crippen molar-refractivity contribution in [3.8, 4) is 11.1 Å². The van der Waals surface area contributed by atoms with Crippen LogP contribution < -0.4 is 10.9 Å². The van der Waals surface area contributed by atoms with Crippen molar-refractivity contribution in [2.45, 2.75) is 26.4 Å². The number of hydrogen-bond acceptors (Lipinski definition) is 5. The van der Waals surface area contributed by atoms with Gasteiger partial charge in [-0.05, 0) is 72.5 Å². The number of fused-ring (bicyclic) bond motifs is 1. The molecule has 0 saturated heterocycles. The van der Waals surface area contributed by atoms with Crippen LogP contribution in [0, 0.1) is 13.8 Å². The van der Waals surface area contributed by atoms with Gasteiger partial charge in [-0.15, -0.1) is 0 Å². The zero-order chi connectivity index (χ0) is 27.3. The second kappa shape index (κ2) is 11.2. The van der Waals surface area contributed by atoms with E-state index in [0.29, 0.717) is 11.4 Å². The molecular weight excluding hydrogens is 493 g/mol. The summed E-state index contributed by atoms with van der Waals surface area (Å²) in [6, 6.07) is 20.3. The number of benzene rings is 2. The Labute approximate surface area is 217 Å². The van der Waals surface area contributed by atoms with Crippen molar-refractivity contribution in [3.05, 3.63) is 118 Å². The van der Waals surface area contributed by atoms with Gasteiger partial charge in [-0.2, -0.15) is 13.2 Å². The van der Waals surface area contributed by atoms with E-state index in [-0.39, 0.29) is 23.2 Å². The summed E-state index contributed by atoms with van der Waals surface area (Å²) in [6.45, 7) is 3.29. The summed E-state index contributed by atoms with van der Waals surface area (Å²) < 4.78 is 39.7. The number of carbonyl (C=O) groups is 1. The molecule has 0 unspecified atom stereocenters. The SMILES string of the molecule is Cc1cc(-c2cccc(C3=Nc4cc(C)c(C(F)(F)F)cc4NC(=O)C3)c2)ccn1.O=c1cccccn1. The minimum Gasteiger partial charge on any atom is -0.324 e. The van der Waals surface area contributed by atoms with Gasteiger partial charge in [0, 0.05) is 24.2 Å². The molecule has 0 fully saturated rings. The number of pyridine rings is 1. The third-order valence-electron chi connectivity index (χ3n) is 5.68. The molecule has 0 aliphatic carbocycles. The van der Waals surface area contributed by atoms with E-state index in [1.807, 2.05) is 43.3 Å². The molecule has 38 heavy (non-hydrogen) atoms. The third-order valence-corrected chi connectivity index (χ3v) is 5.68. The van der Waals surface area contributed by atoms with Crippen LogP contribution in [-0.4, -0.2) is 21.6 Å². The minimum absolute atomic E-state index is 0.0338. The van der Waals surface area contributed by atoms with E-state index in [4.69, 9.17) is 0 Å². The van der Waals surface area contributed by atoms with Crippen molar-refractivity contribution < 1.29 is 18.0 Å². The lowest BCUT2D eigenvalue weighted by molar-refractivity contribution is -0.138. The molecule has 4 aromatic rings. The molecule has 3 heterocycles. The molecule has 9 heteroatoms. The maximum Gasteiger partial charge on any atom is 0.416 e. The quantitative estimate of drug-likeness (QED) is 0.339. The summed E-state index contributed by atoms with van der Waals surface area (Å²) in [6.07, 6.45) is -1.33. The number of nitrogens with one attached hydrogen (secondary N) is 1. The zero-order valence-electron chi connectivity index (χ0n) is 20.6. The van der Waals surface area contributed by atoms with Crippen LogP contribution >= 0.6 is 0 Å². The first-order chi connectivity index (χ1) is 18.1. The molecule has 2 aromatic heterocycles. The van der Waals surface area contributed by atoms with Gasteiger partial charge in [0.25, 0.3) is 5.56 Å². The van der Waals surface area contributed by atoms with Gasteiger partial charge in [0.15, 0.2) is 0 Å². The van der Waals surface area contributed by atoms with Crippen LogP contribution in [0.1, 0.15) is 28.8 Å². The Bertz CT molecular complexity index is 1560. The molecule has 5 rings (SSSR count). The molecular formula is C29H23F3N4O2.